The number of nitrogens with one attached hydrogen (secondary N) is 1. The van der Waals surface area contributed by atoms with E-state index < -0.39 is 29.7 Å². The van der Waals surface area contributed by atoms with Crippen LogP contribution >= 0.6 is 0 Å². The van der Waals surface area contributed by atoms with Crippen molar-refractivity contribution in [2.24, 2.45) is 0 Å². The number of nitrogens with zero attached hydrogens (tertiary/aromatic N) is 1. The van der Waals surface area contributed by atoms with E-state index in [9.17, 15) is 19.8 Å². The Labute approximate surface area is 121 Å². The second-order valence-corrected chi connectivity index (χ2v) is 7.29. The van der Waals surface area contributed by atoms with Gasteiger partial charge in [-0.2, -0.15) is 0 Å². The van der Waals surface area contributed by atoms with Crippen molar-refractivity contribution in [3.05, 3.63) is 33.1 Å². The van der Waals surface area contributed by atoms with Crippen LogP contribution in [0.5, 0.6) is 0 Å². The quantitative estimate of drug-likeness (QED) is 0.598. The van der Waals surface area contributed by atoms with Crippen molar-refractivity contribution in [3.63, 3.8) is 0 Å². The average molecular weight is 349 g/mol. The van der Waals surface area contributed by atoms with Crippen molar-refractivity contribution in [3.8, 4) is 0 Å². The van der Waals surface area contributed by atoms with Gasteiger partial charge in [-0.1, -0.05) is 0 Å². The van der Waals surface area contributed by atoms with Crippen molar-refractivity contribution in [2.45, 2.75) is 41.9 Å². The molecule has 3 N–H and O–H groups in total. The molecule has 0 bridgehead atoms. The van der Waals surface area contributed by atoms with E-state index in [-0.39, 0.29) is 26.4 Å². The number of hydrogen-bond acceptors (Lipinski definition) is 5. The van der Waals surface area contributed by atoms with Crippen LogP contribution < -0.4 is 11.2 Å². The van der Waals surface area contributed by atoms with Crippen molar-refractivity contribution in [1.29, 1.82) is 0 Å². The van der Waals surface area contributed by atoms with E-state index in [0.717, 1.165) is 11.7 Å². The fourth-order valence-corrected chi connectivity index (χ4v) is 4.76. The summed E-state index contributed by atoms with van der Waals surface area (Å²) in [5, 5.41) is 20.4. The van der Waals surface area contributed by atoms with Gasteiger partial charge in [0.25, 0.3) is 0 Å². The molecule has 0 aliphatic carbocycles. The van der Waals surface area contributed by atoms with Gasteiger partial charge >= 0.3 is 121 Å². The van der Waals surface area contributed by atoms with Crippen LogP contribution in [0, 0.1) is 0 Å². The summed E-state index contributed by atoms with van der Waals surface area (Å²) in [7, 11) is 0. The Hall–Kier alpha value is -0.921. The molecule has 112 valence electrons. The first-order valence-electron chi connectivity index (χ1n) is 6.46. The topological polar surface area (TPSA) is 105 Å². The molecule has 2 heterocycles. The number of ether oxygens (including phenoxy) is 1. The molecule has 0 aromatic carbocycles. The van der Waals surface area contributed by atoms with Crippen LogP contribution in [0.1, 0.15) is 19.6 Å². The number of aromatic nitrogens is 2. The fourth-order valence-electron chi connectivity index (χ4n) is 2.15. The van der Waals surface area contributed by atoms with E-state index in [2.05, 4.69) is 11.9 Å². The van der Waals surface area contributed by atoms with Crippen molar-refractivity contribution < 1.29 is 14.9 Å². The fraction of sp³-hybridized carbons (Fsp3) is 0.667. The Morgan fingerprint density at radius 3 is 2.85 bits per heavy atom. The molecule has 0 radical (unpaired) electrons. The van der Waals surface area contributed by atoms with E-state index in [4.69, 9.17) is 4.74 Å². The third-order valence-electron chi connectivity index (χ3n) is 3.13. The normalized spacial score (nSPS) is 29.8. The third-order valence-corrected chi connectivity index (χ3v) is 6.36. The van der Waals surface area contributed by atoms with Crippen LogP contribution in [-0.4, -0.2) is 53.5 Å². The summed E-state index contributed by atoms with van der Waals surface area (Å²) in [6, 6.07) is 1.24. The maximum atomic E-state index is 11.8. The SMILES string of the molecule is CCC[Se]C1[C@@H](O)[C@@H](CO)O[C@H]1n1ccc(=O)[nH]c1=O. The van der Waals surface area contributed by atoms with Gasteiger partial charge in [0.05, 0.1) is 0 Å². The van der Waals surface area contributed by atoms with Gasteiger partial charge in [0.1, 0.15) is 0 Å². The molecule has 1 aromatic heterocycles. The van der Waals surface area contributed by atoms with Gasteiger partial charge in [-0.3, -0.25) is 0 Å². The van der Waals surface area contributed by atoms with E-state index in [0.29, 0.717) is 0 Å². The van der Waals surface area contributed by atoms with Crippen LogP contribution in [0.3, 0.4) is 0 Å². The summed E-state index contributed by atoms with van der Waals surface area (Å²) in [6.07, 6.45) is 0.226. The minimum atomic E-state index is -0.796. The van der Waals surface area contributed by atoms with Crippen molar-refractivity contribution >= 4 is 15.0 Å². The Balaban J connectivity index is 2.31. The molecule has 1 aliphatic rings. The Bertz CT molecular complexity index is 557. The molecule has 1 fully saturated rings. The maximum absolute atomic E-state index is 11.8. The Kier molecular flexibility index (Phi) is 5.17. The summed E-state index contributed by atoms with van der Waals surface area (Å²) in [5.74, 6) is 0. The van der Waals surface area contributed by atoms with Crippen LogP contribution in [0.2, 0.25) is 10.1 Å². The first kappa shape index (κ1) is 15.5. The Morgan fingerprint density at radius 2 is 2.25 bits per heavy atom. The molecule has 20 heavy (non-hydrogen) atoms. The van der Waals surface area contributed by atoms with Gasteiger partial charge in [-0.25, -0.2) is 0 Å². The number of hydrogen-bond donors (Lipinski definition) is 3. The summed E-state index contributed by atoms with van der Waals surface area (Å²) in [4.78, 5) is 24.9. The molecule has 1 saturated heterocycles. The molecule has 0 amide bonds. The average Bonchev–Trinajstić information content (AvgIpc) is 2.73. The number of aliphatic hydroxyl groups excluding tert-OH is 2. The zero-order valence-corrected chi connectivity index (χ0v) is 12.8. The molecule has 1 unspecified atom stereocenters. The van der Waals surface area contributed by atoms with E-state index in [1.807, 2.05) is 0 Å². The van der Waals surface area contributed by atoms with E-state index in [1.165, 1.54) is 16.8 Å². The summed E-state index contributed by atoms with van der Waals surface area (Å²) >= 11 is 0.0817. The second-order valence-electron chi connectivity index (χ2n) is 4.59. The third kappa shape index (κ3) is 3.05. The monoisotopic (exact) mass is 350 g/mol. The predicted octanol–water partition coefficient (Wildman–Crippen LogP) is -0.892. The molecule has 2 rings (SSSR count). The number of aliphatic hydroxyl groups is 2. The second kappa shape index (κ2) is 6.69. The number of rotatable bonds is 5. The molecular formula is C12H18N2O5Se. The Morgan fingerprint density at radius 1 is 1.50 bits per heavy atom. The number of aromatic amines is 1. The first-order valence-corrected chi connectivity index (χ1v) is 8.66. The van der Waals surface area contributed by atoms with Gasteiger partial charge < -0.3 is 0 Å². The molecule has 0 saturated carbocycles. The van der Waals surface area contributed by atoms with Crippen molar-refractivity contribution in [1.82, 2.24) is 9.55 Å². The van der Waals surface area contributed by atoms with Crippen molar-refractivity contribution in [2.75, 3.05) is 6.61 Å². The van der Waals surface area contributed by atoms with Gasteiger partial charge in [0, 0.05) is 0 Å². The van der Waals surface area contributed by atoms with E-state index in [1.54, 1.807) is 0 Å². The minimum absolute atomic E-state index is 0.0817. The van der Waals surface area contributed by atoms with Gasteiger partial charge in [-0.05, 0) is 0 Å². The summed E-state index contributed by atoms with van der Waals surface area (Å²) < 4.78 is 6.88. The summed E-state index contributed by atoms with van der Waals surface area (Å²) in [5.41, 5.74) is -1.04. The molecule has 7 nitrogen and oxygen atoms in total. The van der Waals surface area contributed by atoms with Crippen LogP contribution in [-0.2, 0) is 4.74 Å². The molecular weight excluding hydrogens is 331 g/mol. The van der Waals surface area contributed by atoms with E-state index >= 15 is 0 Å². The summed E-state index contributed by atoms with van der Waals surface area (Å²) in [6.45, 7) is 1.75. The zero-order chi connectivity index (χ0) is 14.7. The zero-order valence-electron chi connectivity index (χ0n) is 11.1. The molecule has 0 spiro atoms. The molecule has 1 aliphatic heterocycles. The molecule has 1 aromatic rings. The first-order chi connectivity index (χ1) is 9.58. The predicted molar refractivity (Wildman–Crippen MR) is 72.9 cm³/mol. The molecule has 8 heteroatoms. The van der Waals surface area contributed by atoms with Gasteiger partial charge in [0.2, 0.25) is 0 Å². The van der Waals surface area contributed by atoms with Gasteiger partial charge in [0.15, 0.2) is 0 Å². The number of H-pyrrole nitrogens is 1. The standard InChI is InChI=1S/C12H18N2O5Se/c1-2-5-20-10-9(17)7(6-15)19-11(10)14-4-3-8(16)13-12(14)18/h3-4,7,9-11,15,17H,2,5-6H2,1H3,(H,13,16,18)/t7-,9+,10?,11-/m1/s1. The molecule has 4 atom stereocenters. The van der Waals surface area contributed by atoms with Crippen LogP contribution in [0.25, 0.3) is 0 Å². The van der Waals surface area contributed by atoms with Gasteiger partial charge in [-0.15, -0.1) is 0 Å². The van der Waals surface area contributed by atoms with Crippen LogP contribution in [0.4, 0.5) is 0 Å². The van der Waals surface area contributed by atoms with Crippen LogP contribution in [0.15, 0.2) is 21.9 Å².